The molecule has 0 nitrogen and oxygen atoms in total. The Morgan fingerprint density at radius 3 is 1.04 bits per heavy atom. The second-order valence-corrected chi connectivity index (χ2v) is 8.05. The lowest BCUT2D eigenvalue weighted by molar-refractivity contribution is 0.536. The maximum atomic E-state index is 2.40. The fourth-order valence-corrected chi connectivity index (χ4v) is 3.44. The van der Waals surface area contributed by atoms with Crippen LogP contribution in [0, 0.1) is 0 Å². The van der Waals surface area contributed by atoms with Gasteiger partial charge in [-0.25, -0.2) is 0 Å². The van der Waals surface area contributed by atoms with Gasteiger partial charge in [0.2, 0.25) is 0 Å². The number of unbranched alkanes of at least 4 members (excludes halogenated alkanes) is 17. The first-order chi connectivity index (χ1) is 12.9. The number of hydrogen-bond donors (Lipinski definition) is 0. The van der Waals surface area contributed by atoms with Crippen molar-refractivity contribution in [1.82, 2.24) is 0 Å². The first-order valence-corrected chi connectivity index (χ1v) is 12.2. The van der Waals surface area contributed by atoms with Gasteiger partial charge < -0.3 is 0 Å². The molecule has 26 heavy (non-hydrogen) atoms. The summed E-state index contributed by atoms with van der Waals surface area (Å²) in [6.45, 7) is 4.56. The highest BCUT2D eigenvalue weighted by molar-refractivity contribution is 4.87. The molecule has 0 aliphatic heterocycles. The molecule has 0 aliphatic carbocycles. The van der Waals surface area contributed by atoms with Crippen LogP contribution in [-0.2, 0) is 0 Å². The van der Waals surface area contributed by atoms with E-state index in [9.17, 15) is 0 Å². The first kappa shape index (κ1) is 25.5. The smallest absolute Gasteiger partial charge is 0.0316 e. The van der Waals surface area contributed by atoms with Gasteiger partial charge in [0.05, 0.1) is 0 Å². The normalized spacial score (nSPS) is 11.9. The van der Waals surface area contributed by atoms with Crippen LogP contribution in [0.25, 0.3) is 0 Å². The average molecular weight is 363 g/mol. The summed E-state index contributed by atoms with van der Waals surface area (Å²) in [6, 6.07) is 0. The van der Waals surface area contributed by atoms with Crippen molar-refractivity contribution in [3.63, 3.8) is 0 Å². The van der Waals surface area contributed by atoms with Gasteiger partial charge >= 0.3 is 0 Å². The highest BCUT2D eigenvalue weighted by Gasteiger charge is 1.93. The third-order valence-corrected chi connectivity index (χ3v) is 5.28. The van der Waals surface area contributed by atoms with Crippen molar-refractivity contribution in [3.05, 3.63) is 24.3 Å². The molecular formula is C26H50. The van der Waals surface area contributed by atoms with Crippen molar-refractivity contribution in [2.75, 3.05) is 0 Å². The summed E-state index contributed by atoms with van der Waals surface area (Å²) in [7, 11) is 0. The Morgan fingerprint density at radius 1 is 0.308 bits per heavy atom. The number of hydrogen-bond acceptors (Lipinski definition) is 0. The van der Waals surface area contributed by atoms with Crippen molar-refractivity contribution < 1.29 is 0 Å². The Hall–Kier alpha value is -0.520. The van der Waals surface area contributed by atoms with Crippen molar-refractivity contribution in [3.8, 4) is 0 Å². The maximum absolute atomic E-state index is 2.40. The second kappa shape index (κ2) is 24.5. The molecule has 0 heteroatoms. The Labute approximate surface area is 166 Å². The molecule has 0 radical (unpaired) electrons. The molecule has 0 saturated heterocycles. The van der Waals surface area contributed by atoms with Crippen molar-refractivity contribution in [1.29, 1.82) is 0 Å². The molecular weight excluding hydrogens is 312 g/mol. The van der Waals surface area contributed by atoms with E-state index in [1.165, 1.54) is 128 Å². The zero-order valence-corrected chi connectivity index (χ0v) is 18.5. The van der Waals surface area contributed by atoms with Crippen LogP contribution < -0.4 is 0 Å². The molecule has 0 fully saturated rings. The SMILES string of the molecule is CCCC/C=C/CC/C=C/CCCCCCCCCCCCCCCC. The molecule has 0 unspecified atom stereocenters. The van der Waals surface area contributed by atoms with Crippen LogP contribution in [0.3, 0.4) is 0 Å². The third kappa shape index (κ3) is 23.5. The van der Waals surface area contributed by atoms with Gasteiger partial charge in [0.1, 0.15) is 0 Å². The topological polar surface area (TPSA) is 0 Å². The Morgan fingerprint density at radius 2 is 0.615 bits per heavy atom. The van der Waals surface area contributed by atoms with Crippen LogP contribution in [0.4, 0.5) is 0 Å². The summed E-state index contributed by atoms with van der Waals surface area (Å²) < 4.78 is 0. The molecule has 0 N–H and O–H groups in total. The predicted molar refractivity (Wildman–Crippen MR) is 122 cm³/mol. The van der Waals surface area contributed by atoms with E-state index in [0.717, 1.165) is 0 Å². The molecule has 0 spiro atoms. The zero-order chi connectivity index (χ0) is 19.0. The van der Waals surface area contributed by atoms with E-state index >= 15 is 0 Å². The van der Waals surface area contributed by atoms with E-state index in [1.807, 2.05) is 0 Å². The summed E-state index contributed by atoms with van der Waals surface area (Å²) in [4.78, 5) is 0. The van der Waals surface area contributed by atoms with Gasteiger partial charge in [-0.05, 0) is 32.1 Å². The monoisotopic (exact) mass is 362 g/mol. The largest absolute Gasteiger partial charge is 0.0885 e. The summed E-state index contributed by atoms with van der Waals surface area (Å²) in [6.07, 6.45) is 37.4. The van der Waals surface area contributed by atoms with Gasteiger partial charge in [0.25, 0.3) is 0 Å². The lowest BCUT2D eigenvalue weighted by atomic mass is 10.0. The highest BCUT2D eigenvalue weighted by Crippen LogP contribution is 2.13. The molecule has 0 aromatic rings. The van der Waals surface area contributed by atoms with E-state index in [0.29, 0.717) is 0 Å². The van der Waals surface area contributed by atoms with E-state index in [1.54, 1.807) is 0 Å². The molecule has 0 rings (SSSR count). The van der Waals surface area contributed by atoms with Crippen molar-refractivity contribution in [2.24, 2.45) is 0 Å². The first-order valence-electron chi connectivity index (χ1n) is 12.2. The standard InChI is InChI=1S/C26H50/c1-3-5-7-9-11-13-15-17-19-21-23-25-26-24-22-20-18-16-14-12-10-8-6-4-2/h9,11,17,19H,3-8,10,12-16,18,20-26H2,1-2H3/b11-9+,19-17+. The third-order valence-electron chi connectivity index (χ3n) is 5.28. The molecule has 0 aromatic carbocycles. The van der Waals surface area contributed by atoms with Gasteiger partial charge in [-0.1, -0.05) is 134 Å². The number of rotatable bonds is 21. The van der Waals surface area contributed by atoms with E-state index in [2.05, 4.69) is 38.2 Å². The number of allylic oxidation sites excluding steroid dienone is 4. The summed E-state index contributed by atoms with van der Waals surface area (Å²) in [5.41, 5.74) is 0. The minimum absolute atomic E-state index is 1.22. The average Bonchev–Trinajstić information content (AvgIpc) is 2.66. The fraction of sp³-hybridized carbons (Fsp3) is 0.846. The van der Waals surface area contributed by atoms with Gasteiger partial charge in [0, 0.05) is 0 Å². The summed E-state index contributed by atoms with van der Waals surface area (Å²) in [5.74, 6) is 0. The van der Waals surface area contributed by atoms with Crippen LogP contribution in [0.5, 0.6) is 0 Å². The Bertz CT molecular complexity index is 286. The highest BCUT2D eigenvalue weighted by atomic mass is 14.0. The molecule has 0 amide bonds. The molecule has 0 saturated carbocycles. The van der Waals surface area contributed by atoms with Crippen LogP contribution in [0.2, 0.25) is 0 Å². The molecule has 0 atom stereocenters. The van der Waals surface area contributed by atoms with Crippen LogP contribution >= 0.6 is 0 Å². The maximum Gasteiger partial charge on any atom is -0.0316 e. The molecule has 0 heterocycles. The molecule has 0 aliphatic rings. The predicted octanol–water partition coefficient (Wildman–Crippen LogP) is 9.94. The van der Waals surface area contributed by atoms with E-state index in [4.69, 9.17) is 0 Å². The zero-order valence-electron chi connectivity index (χ0n) is 18.5. The van der Waals surface area contributed by atoms with Gasteiger partial charge in [0.15, 0.2) is 0 Å². The lowest BCUT2D eigenvalue weighted by Gasteiger charge is -2.02. The fourth-order valence-electron chi connectivity index (χ4n) is 3.44. The van der Waals surface area contributed by atoms with Gasteiger partial charge in [-0.2, -0.15) is 0 Å². The van der Waals surface area contributed by atoms with E-state index < -0.39 is 0 Å². The molecule has 0 bridgehead atoms. The van der Waals surface area contributed by atoms with Crippen LogP contribution in [-0.4, -0.2) is 0 Å². The minimum Gasteiger partial charge on any atom is -0.0885 e. The lowest BCUT2D eigenvalue weighted by Crippen LogP contribution is -1.83. The second-order valence-electron chi connectivity index (χ2n) is 8.05. The van der Waals surface area contributed by atoms with Gasteiger partial charge in [-0.15, -0.1) is 0 Å². The van der Waals surface area contributed by atoms with Crippen molar-refractivity contribution >= 4 is 0 Å². The molecule has 0 aromatic heterocycles. The Kier molecular flexibility index (Phi) is 24.0. The minimum atomic E-state index is 1.22. The summed E-state index contributed by atoms with van der Waals surface area (Å²) in [5, 5.41) is 0. The molecule has 154 valence electrons. The quantitative estimate of drug-likeness (QED) is 0.141. The van der Waals surface area contributed by atoms with Crippen molar-refractivity contribution in [2.45, 2.75) is 142 Å². The van der Waals surface area contributed by atoms with E-state index in [-0.39, 0.29) is 0 Å². The van der Waals surface area contributed by atoms with Crippen LogP contribution in [0.15, 0.2) is 24.3 Å². The summed E-state index contributed by atoms with van der Waals surface area (Å²) >= 11 is 0. The van der Waals surface area contributed by atoms with Crippen LogP contribution in [0.1, 0.15) is 142 Å². The Balaban J connectivity index is 3.08. The van der Waals surface area contributed by atoms with Gasteiger partial charge in [-0.3, -0.25) is 0 Å².